The molecule has 0 spiro atoms. The molecule has 0 bridgehead atoms. The van der Waals surface area contributed by atoms with E-state index in [2.05, 4.69) is 84.0 Å². The van der Waals surface area contributed by atoms with Gasteiger partial charge in [0.05, 0.1) is 0 Å². The van der Waals surface area contributed by atoms with Crippen LogP contribution >= 0.6 is 0 Å². The molecule has 0 atom stereocenters. The molecule has 0 fully saturated rings. The smallest absolute Gasteiger partial charge is 0.0400 e. The molecule has 0 unspecified atom stereocenters. The summed E-state index contributed by atoms with van der Waals surface area (Å²) in [5, 5.41) is 4.91. The van der Waals surface area contributed by atoms with Crippen molar-refractivity contribution in [3.63, 3.8) is 0 Å². The minimum atomic E-state index is 0.131. The van der Waals surface area contributed by atoms with Crippen LogP contribution in [0.1, 0.15) is 52.7 Å². The third-order valence-corrected chi connectivity index (χ3v) is 4.72. The van der Waals surface area contributed by atoms with E-state index in [9.17, 15) is 0 Å². The van der Waals surface area contributed by atoms with Gasteiger partial charge in [0.2, 0.25) is 0 Å². The Morgan fingerprint density at radius 2 is 1.13 bits per heavy atom. The average molecular weight is 305 g/mol. The van der Waals surface area contributed by atoms with Crippen molar-refractivity contribution in [1.29, 1.82) is 0 Å². The molecular formula is C22H27N. The second-order valence-electron chi connectivity index (χ2n) is 8.66. The highest BCUT2D eigenvalue weighted by Crippen LogP contribution is 2.35. The molecule has 3 aromatic rings. The van der Waals surface area contributed by atoms with Gasteiger partial charge in [-0.05, 0) is 50.2 Å². The average Bonchev–Trinajstić information content (AvgIpc) is 2.44. The van der Waals surface area contributed by atoms with Crippen LogP contribution in [0.15, 0.2) is 42.5 Å². The number of nitrogen functional groups attached to an aromatic ring is 1. The van der Waals surface area contributed by atoms with Crippen LogP contribution in [-0.2, 0) is 10.8 Å². The maximum atomic E-state index is 6.39. The SMILES string of the molecule is CC(C)(C)c1ccc2c(c1)cc(N)c1cc(C(C)(C)C)ccc12. The van der Waals surface area contributed by atoms with E-state index in [1.807, 2.05) is 0 Å². The van der Waals surface area contributed by atoms with Crippen LogP contribution in [-0.4, -0.2) is 0 Å². The van der Waals surface area contributed by atoms with Gasteiger partial charge in [-0.25, -0.2) is 0 Å². The minimum absolute atomic E-state index is 0.131. The van der Waals surface area contributed by atoms with Crippen LogP contribution < -0.4 is 5.73 Å². The van der Waals surface area contributed by atoms with Crippen LogP contribution in [0.2, 0.25) is 0 Å². The molecule has 0 aliphatic rings. The first kappa shape index (κ1) is 15.9. The van der Waals surface area contributed by atoms with Crippen molar-refractivity contribution in [2.24, 2.45) is 0 Å². The number of anilines is 1. The molecule has 2 N–H and O–H groups in total. The van der Waals surface area contributed by atoms with Crippen molar-refractivity contribution in [3.8, 4) is 0 Å². The van der Waals surface area contributed by atoms with Gasteiger partial charge in [-0.3, -0.25) is 0 Å². The Balaban J connectivity index is 2.32. The first-order valence-corrected chi connectivity index (χ1v) is 8.34. The van der Waals surface area contributed by atoms with Crippen molar-refractivity contribution in [3.05, 3.63) is 53.6 Å². The zero-order valence-electron chi connectivity index (χ0n) is 15.1. The van der Waals surface area contributed by atoms with E-state index in [4.69, 9.17) is 5.73 Å². The maximum absolute atomic E-state index is 6.39. The second-order valence-corrected chi connectivity index (χ2v) is 8.66. The zero-order chi connectivity index (χ0) is 17.0. The summed E-state index contributed by atoms with van der Waals surface area (Å²) in [6, 6.07) is 15.6. The van der Waals surface area contributed by atoms with Crippen LogP contribution in [0.3, 0.4) is 0 Å². The Morgan fingerprint density at radius 3 is 1.70 bits per heavy atom. The molecule has 0 aliphatic heterocycles. The summed E-state index contributed by atoms with van der Waals surface area (Å²) in [5.74, 6) is 0. The van der Waals surface area contributed by atoms with Crippen molar-refractivity contribution in [1.82, 2.24) is 0 Å². The fraction of sp³-hybridized carbons (Fsp3) is 0.364. The largest absolute Gasteiger partial charge is 0.398 e. The number of fused-ring (bicyclic) bond motifs is 3. The standard InChI is InChI=1S/C22H27N/c1-21(2,3)15-7-9-17-14(11-15)12-20(23)19-13-16(22(4,5)6)8-10-18(17)19/h7-13H,23H2,1-6H3. The fourth-order valence-electron chi connectivity index (χ4n) is 3.12. The first-order chi connectivity index (χ1) is 10.6. The summed E-state index contributed by atoms with van der Waals surface area (Å²) < 4.78 is 0. The zero-order valence-corrected chi connectivity index (χ0v) is 15.1. The molecule has 0 saturated carbocycles. The van der Waals surface area contributed by atoms with E-state index >= 15 is 0 Å². The summed E-state index contributed by atoms with van der Waals surface area (Å²) >= 11 is 0. The molecule has 3 aromatic carbocycles. The highest BCUT2D eigenvalue weighted by molar-refractivity contribution is 6.12. The predicted octanol–water partition coefficient (Wildman–Crippen LogP) is 6.17. The highest BCUT2D eigenvalue weighted by atomic mass is 14.6. The van der Waals surface area contributed by atoms with Gasteiger partial charge in [-0.1, -0.05) is 71.9 Å². The van der Waals surface area contributed by atoms with Crippen LogP contribution in [0, 0.1) is 0 Å². The Kier molecular flexibility index (Phi) is 3.44. The topological polar surface area (TPSA) is 26.0 Å². The summed E-state index contributed by atoms with van der Waals surface area (Å²) in [5.41, 5.74) is 10.2. The Morgan fingerprint density at radius 1 is 0.609 bits per heavy atom. The molecule has 1 nitrogen and oxygen atoms in total. The lowest BCUT2D eigenvalue weighted by Gasteiger charge is -2.22. The van der Waals surface area contributed by atoms with Gasteiger partial charge in [0.1, 0.15) is 0 Å². The van der Waals surface area contributed by atoms with Crippen molar-refractivity contribution in [2.75, 3.05) is 5.73 Å². The normalized spacial score (nSPS) is 13.0. The highest BCUT2D eigenvalue weighted by Gasteiger charge is 2.17. The number of rotatable bonds is 0. The van der Waals surface area contributed by atoms with E-state index < -0.39 is 0 Å². The molecule has 0 amide bonds. The molecule has 0 saturated heterocycles. The molecule has 0 heterocycles. The first-order valence-electron chi connectivity index (χ1n) is 8.34. The number of hydrogen-bond donors (Lipinski definition) is 1. The predicted molar refractivity (Wildman–Crippen MR) is 103 cm³/mol. The third kappa shape index (κ3) is 2.81. The fourth-order valence-corrected chi connectivity index (χ4v) is 3.12. The number of hydrogen-bond acceptors (Lipinski definition) is 1. The van der Waals surface area contributed by atoms with Crippen LogP contribution in [0.4, 0.5) is 5.69 Å². The van der Waals surface area contributed by atoms with Gasteiger partial charge in [-0.2, -0.15) is 0 Å². The van der Waals surface area contributed by atoms with Gasteiger partial charge in [-0.15, -0.1) is 0 Å². The van der Waals surface area contributed by atoms with Gasteiger partial charge in [0, 0.05) is 11.1 Å². The second kappa shape index (κ2) is 4.99. The lowest BCUT2D eigenvalue weighted by Crippen LogP contribution is -2.11. The minimum Gasteiger partial charge on any atom is -0.398 e. The molecule has 120 valence electrons. The lowest BCUT2D eigenvalue weighted by molar-refractivity contribution is 0.590. The van der Waals surface area contributed by atoms with E-state index in [-0.39, 0.29) is 10.8 Å². The lowest BCUT2D eigenvalue weighted by atomic mass is 9.83. The summed E-state index contributed by atoms with van der Waals surface area (Å²) in [7, 11) is 0. The summed E-state index contributed by atoms with van der Waals surface area (Å²) in [4.78, 5) is 0. The van der Waals surface area contributed by atoms with Crippen molar-refractivity contribution < 1.29 is 0 Å². The number of benzene rings is 3. The van der Waals surface area contributed by atoms with Gasteiger partial charge >= 0.3 is 0 Å². The summed E-state index contributed by atoms with van der Waals surface area (Å²) in [6.07, 6.45) is 0. The van der Waals surface area contributed by atoms with Crippen molar-refractivity contribution >= 4 is 27.2 Å². The van der Waals surface area contributed by atoms with E-state index in [1.54, 1.807) is 0 Å². The van der Waals surface area contributed by atoms with Gasteiger partial charge in [0.25, 0.3) is 0 Å². The Hall–Kier alpha value is -2.02. The Bertz CT molecular complexity index is 890. The molecule has 1 heteroatoms. The van der Waals surface area contributed by atoms with E-state index in [0.29, 0.717) is 0 Å². The molecule has 0 radical (unpaired) electrons. The quantitative estimate of drug-likeness (QED) is 0.390. The van der Waals surface area contributed by atoms with Crippen LogP contribution in [0.5, 0.6) is 0 Å². The molecule has 0 aliphatic carbocycles. The van der Waals surface area contributed by atoms with Crippen LogP contribution in [0.25, 0.3) is 21.5 Å². The van der Waals surface area contributed by atoms with Gasteiger partial charge in [0.15, 0.2) is 0 Å². The van der Waals surface area contributed by atoms with E-state index in [1.165, 1.54) is 27.3 Å². The maximum Gasteiger partial charge on any atom is 0.0400 e. The number of nitrogens with two attached hydrogens (primary N) is 1. The molecular weight excluding hydrogens is 278 g/mol. The van der Waals surface area contributed by atoms with Crippen molar-refractivity contribution in [2.45, 2.75) is 52.4 Å². The summed E-state index contributed by atoms with van der Waals surface area (Å²) in [6.45, 7) is 13.4. The van der Waals surface area contributed by atoms with E-state index in [0.717, 1.165) is 11.1 Å². The Labute approximate surface area is 139 Å². The third-order valence-electron chi connectivity index (χ3n) is 4.72. The molecule has 0 aromatic heterocycles. The van der Waals surface area contributed by atoms with Gasteiger partial charge < -0.3 is 5.73 Å². The molecule has 3 rings (SSSR count). The molecule has 23 heavy (non-hydrogen) atoms. The monoisotopic (exact) mass is 305 g/mol.